The van der Waals surface area contributed by atoms with Gasteiger partial charge < -0.3 is 15.2 Å². The summed E-state index contributed by atoms with van der Waals surface area (Å²) in [7, 11) is 1.90. The van der Waals surface area contributed by atoms with Gasteiger partial charge in [-0.2, -0.15) is 0 Å². The number of amides is 1. The molecule has 1 amide bonds. The monoisotopic (exact) mass is 349 g/mol. The van der Waals surface area contributed by atoms with Gasteiger partial charge in [-0.1, -0.05) is 0 Å². The second kappa shape index (κ2) is 6.16. The van der Waals surface area contributed by atoms with Gasteiger partial charge in [0, 0.05) is 19.3 Å². The third kappa shape index (κ3) is 3.00. The first-order chi connectivity index (χ1) is 11.7. The molecule has 0 saturated carbocycles. The van der Waals surface area contributed by atoms with Crippen molar-refractivity contribution in [1.29, 1.82) is 0 Å². The summed E-state index contributed by atoms with van der Waals surface area (Å²) in [5, 5.41) is 16.6. The number of nitrogens with one attached hydrogen (secondary N) is 1. The SMILES string of the molecule is CC1C=CN(CNC(=O)c2nc3n(c(=O)c2O)CCOC3(C)C)N1C. The largest absolute Gasteiger partial charge is 0.501 e. The maximum Gasteiger partial charge on any atom is 0.296 e. The molecule has 1 atom stereocenters. The van der Waals surface area contributed by atoms with Crippen LogP contribution in [-0.4, -0.2) is 56.9 Å². The Morgan fingerprint density at radius 2 is 2.24 bits per heavy atom. The van der Waals surface area contributed by atoms with Gasteiger partial charge in [0.25, 0.3) is 11.5 Å². The molecule has 0 aromatic carbocycles. The van der Waals surface area contributed by atoms with Crippen LogP contribution in [0.15, 0.2) is 17.1 Å². The fourth-order valence-electron chi connectivity index (χ4n) is 2.91. The van der Waals surface area contributed by atoms with E-state index in [4.69, 9.17) is 4.74 Å². The molecule has 0 fully saturated rings. The minimum atomic E-state index is -0.812. The van der Waals surface area contributed by atoms with Crippen LogP contribution in [-0.2, 0) is 16.9 Å². The topological polar surface area (TPSA) is 99.9 Å². The summed E-state index contributed by atoms with van der Waals surface area (Å²) in [4.78, 5) is 29.1. The summed E-state index contributed by atoms with van der Waals surface area (Å²) >= 11 is 0. The molecule has 2 aliphatic rings. The molecular formula is C16H23N5O4. The quantitative estimate of drug-likeness (QED) is 0.790. The minimum Gasteiger partial charge on any atom is -0.501 e. The highest BCUT2D eigenvalue weighted by atomic mass is 16.5. The van der Waals surface area contributed by atoms with Gasteiger partial charge in [0.2, 0.25) is 5.75 Å². The molecule has 1 aromatic rings. The van der Waals surface area contributed by atoms with Crippen molar-refractivity contribution in [1.82, 2.24) is 24.9 Å². The number of rotatable bonds is 3. The van der Waals surface area contributed by atoms with Crippen molar-refractivity contribution in [3.63, 3.8) is 0 Å². The molecule has 136 valence electrons. The number of hydrogen-bond acceptors (Lipinski definition) is 7. The maximum atomic E-state index is 12.5. The van der Waals surface area contributed by atoms with Gasteiger partial charge >= 0.3 is 0 Å². The lowest BCUT2D eigenvalue weighted by Crippen LogP contribution is -2.45. The van der Waals surface area contributed by atoms with E-state index in [0.717, 1.165) is 0 Å². The second-order valence-corrected chi connectivity index (χ2v) is 6.71. The predicted octanol–water partition coefficient (Wildman–Crippen LogP) is -0.0339. The lowest BCUT2D eigenvalue weighted by molar-refractivity contribution is -0.0567. The van der Waals surface area contributed by atoms with Crippen LogP contribution in [0.3, 0.4) is 0 Å². The predicted molar refractivity (Wildman–Crippen MR) is 89.7 cm³/mol. The molecule has 9 nitrogen and oxygen atoms in total. The number of hydrazine groups is 1. The number of ether oxygens (including phenoxy) is 1. The summed E-state index contributed by atoms with van der Waals surface area (Å²) in [6.45, 7) is 6.41. The first-order valence-electron chi connectivity index (χ1n) is 8.16. The van der Waals surface area contributed by atoms with Gasteiger partial charge in [-0.3, -0.25) is 19.2 Å². The number of hydrogen-bond donors (Lipinski definition) is 2. The van der Waals surface area contributed by atoms with Crippen molar-refractivity contribution in [3.05, 3.63) is 34.1 Å². The summed E-state index contributed by atoms with van der Waals surface area (Å²) in [6.07, 6.45) is 3.85. The molecule has 3 heterocycles. The van der Waals surface area contributed by atoms with Crippen molar-refractivity contribution in [2.75, 3.05) is 20.3 Å². The first kappa shape index (κ1) is 17.4. The van der Waals surface area contributed by atoms with Crippen LogP contribution in [0.25, 0.3) is 0 Å². The van der Waals surface area contributed by atoms with Crippen molar-refractivity contribution in [3.8, 4) is 5.75 Å². The molecule has 2 aliphatic heterocycles. The first-order valence-corrected chi connectivity index (χ1v) is 8.16. The van der Waals surface area contributed by atoms with Crippen LogP contribution >= 0.6 is 0 Å². The van der Waals surface area contributed by atoms with Crippen LogP contribution in [0.1, 0.15) is 37.1 Å². The third-order valence-electron chi connectivity index (χ3n) is 4.61. The average Bonchev–Trinajstić information content (AvgIpc) is 2.87. The molecular weight excluding hydrogens is 326 g/mol. The molecule has 2 N–H and O–H groups in total. The molecule has 0 bridgehead atoms. The van der Waals surface area contributed by atoms with E-state index in [0.29, 0.717) is 19.0 Å². The zero-order valence-electron chi connectivity index (χ0n) is 14.8. The van der Waals surface area contributed by atoms with Gasteiger partial charge in [-0.25, -0.2) is 9.99 Å². The Labute approximate surface area is 145 Å². The molecule has 25 heavy (non-hydrogen) atoms. The highest BCUT2D eigenvalue weighted by Crippen LogP contribution is 2.27. The van der Waals surface area contributed by atoms with Crippen molar-refractivity contribution >= 4 is 5.91 Å². The zero-order chi connectivity index (χ0) is 18.4. The Kier molecular flexibility index (Phi) is 4.29. The van der Waals surface area contributed by atoms with Crippen molar-refractivity contribution in [2.45, 2.75) is 39.0 Å². The molecule has 0 radical (unpaired) electrons. The number of aromatic hydroxyl groups is 1. The Hall–Kier alpha value is -2.39. The van der Waals surface area contributed by atoms with E-state index in [1.54, 1.807) is 13.8 Å². The molecule has 1 unspecified atom stereocenters. The molecule has 3 rings (SSSR count). The van der Waals surface area contributed by atoms with Gasteiger partial charge in [-0.05, 0) is 26.8 Å². The van der Waals surface area contributed by atoms with E-state index in [-0.39, 0.29) is 18.4 Å². The van der Waals surface area contributed by atoms with E-state index in [9.17, 15) is 14.7 Å². The fourth-order valence-corrected chi connectivity index (χ4v) is 2.91. The Bertz CT molecular complexity index is 785. The molecule has 9 heteroatoms. The van der Waals surface area contributed by atoms with Crippen LogP contribution in [0.4, 0.5) is 0 Å². The van der Waals surface area contributed by atoms with Gasteiger partial charge in [0.1, 0.15) is 18.1 Å². The molecule has 0 saturated heterocycles. The lowest BCUT2D eigenvalue weighted by atomic mass is 10.1. The number of fused-ring (bicyclic) bond motifs is 1. The van der Waals surface area contributed by atoms with E-state index in [1.165, 1.54) is 4.57 Å². The highest BCUT2D eigenvalue weighted by Gasteiger charge is 2.34. The van der Waals surface area contributed by atoms with Crippen LogP contribution in [0.5, 0.6) is 5.75 Å². The lowest BCUT2D eigenvalue weighted by Gasteiger charge is -2.32. The van der Waals surface area contributed by atoms with Gasteiger partial charge in [0.05, 0.1) is 13.2 Å². The van der Waals surface area contributed by atoms with E-state index in [1.807, 2.05) is 36.3 Å². The standard InChI is InChI=1S/C16H23N5O4/c1-10-5-6-20(19(10)4)9-17-13(23)11-12(22)14(24)21-7-8-25-16(2,3)15(21)18-11/h5-6,10,22H,7-9H2,1-4H3,(H,17,23). The maximum absolute atomic E-state index is 12.5. The number of carbonyl (C=O) groups is 1. The van der Waals surface area contributed by atoms with Gasteiger partial charge in [-0.15, -0.1) is 0 Å². The fraction of sp³-hybridized carbons (Fsp3) is 0.562. The molecule has 0 spiro atoms. The minimum absolute atomic E-state index is 0.204. The third-order valence-corrected chi connectivity index (χ3v) is 4.61. The average molecular weight is 349 g/mol. The highest BCUT2D eigenvalue weighted by molar-refractivity contribution is 5.94. The summed E-state index contributed by atoms with van der Waals surface area (Å²) in [6, 6.07) is 0.231. The molecule has 1 aromatic heterocycles. The van der Waals surface area contributed by atoms with Crippen LogP contribution in [0, 0.1) is 0 Å². The normalized spacial score (nSPS) is 22.1. The van der Waals surface area contributed by atoms with E-state index in [2.05, 4.69) is 10.3 Å². The van der Waals surface area contributed by atoms with E-state index >= 15 is 0 Å². The number of aromatic nitrogens is 2. The summed E-state index contributed by atoms with van der Waals surface area (Å²) < 4.78 is 6.98. The smallest absolute Gasteiger partial charge is 0.296 e. The van der Waals surface area contributed by atoms with E-state index < -0.39 is 22.8 Å². The zero-order valence-corrected chi connectivity index (χ0v) is 14.8. The van der Waals surface area contributed by atoms with Gasteiger partial charge in [0.15, 0.2) is 5.69 Å². The van der Waals surface area contributed by atoms with Crippen molar-refractivity contribution in [2.24, 2.45) is 0 Å². The van der Waals surface area contributed by atoms with Crippen LogP contribution in [0.2, 0.25) is 0 Å². The number of nitrogens with zero attached hydrogens (tertiary/aromatic N) is 4. The summed E-state index contributed by atoms with van der Waals surface area (Å²) in [5.41, 5.74) is -1.72. The van der Waals surface area contributed by atoms with Crippen LogP contribution < -0.4 is 10.9 Å². The number of likely N-dealkylation sites (N-methyl/N-ethyl adjacent to an activating group) is 1. The Morgan fingerprint density at radius 1 is 1.52 bits per heavy atom. The summed E-state index contributed by atoms with van der Waals surface area (Å²) in [5.74, 6) is -0.920. The Balaban J connectivity index is 1.85. The number of carbonyl (C=O) groups excluding carboxylic acids is 1. The second-order valence-electron chi connectivity index (χ2n) is 6.71. The molecule has 0 aliphatic carbocycles. The van der Waals surface area contributed by atoms with Crippen molar-refractivity contribution < 1.29 is 14.6 Å². The Morgan fingerprint density at radius 3 is 2.88 bits per heavy atom.